The molecule has 0 aliphatic rings. The number of aliphatic hydroxyl groups is 4. The van der Waals surface area contributed by atoms with E-state index in [9.17, 15) is 25.2 Å². The first-order chi connectivity index (χ1) is 36.0. The van der Waals surface area contributed by atoms with Crippen molar-refractivity contribution in [3.8, 4) is 0 Å². The molecule has 0 spiro atoms. The normalized spacial score (nSPS) is 13.6. The topological polar surface area (TPSA) is 110 Å². The minimum absolute atomic E-state index is 0.369. The van der Waals surface area contributed by atoms with E-state index >= 15 is 0 Å². The molecule has 0 aromatic heterocycles. The zero-order chi connectivity index (χ0) is 53.0. The number of aliphatic hydroxyl groups excluding tert-OH is 4. The van der Waals surface area contributed by atoms with Gasteiger partial charge < -0.3 is 25.7 Å². The van der Waals surface area contributed by atoms with Crippen LogP contribution in [0.3, 0.4) is 0 Å². The molecule has 0 aliphatic carbocycles. The molecule has 4 atom stereocenters. The first-order valence-electron chi connectivity index (χ1n) is 33.6. The van der Waals surface area contributed by atoms with Gasteiger partial charge in [0.25, 0.3) is 0 Å². The zero-order valence-electron chi connectivity index (χ0n) is 49.7. The average Bonchev–Trinajstić information content (AvgIpc) is 3.40. The van der Waals surface area contributed by atoms with Crippen LogP contribution in [0.5, 0.6) is 0 Å². The summed E-state index contributed by atoms with van der Waals surface area (Å²) in [6.45, 7) is 4.10. The molecule has 0 heterocycles. The number of allylic oxidation sites excluding steroid dienone is 2. The molecule has 0 bridgehead atoms. The van der Waals surface area contributed by atoms with Crippen LogP contribution in [-0.4, -0.2) is 57.3 Å². The van der Waals surface area contributed by atoms with Crippen molar-refractivity contribution in [1.29, 1.82) is 0 Å². The van der Waals surface area contributed by atoms with Crippen LogP contribution < -0.4 is 5.32 Å². The molecule has 0 saturated heterocycles. The van der Waals surface area contributed by atoms with Crippen LogP contribution in [0.1, 0.15) is 380 Å². The van der Waals surface area contributed by atoms with E-state index in [0.29, 0.717) is 12.8 Å². The Hall–Kier alpha value is -0.950. The number of rotatable bonds is 63. The fourth-order valence-electron chi connectivity index (χ4n) is 11.0. The van der Waals surface area contributed by atoms with Gasteiger partial charge in [-0.25, -0.2) is 0 Å². The molecule has 0 aromatic rings. The lowest BCUT2D eigenvalue weighted by atomic mass is 10.00. The molecule has 436 valence electrons. The van der Waals surface area contributed by atoms with Crippen LogP contribution in [0.2, 0.25) is 0 Å². The van der Waals surface area contributed by atoms with E-state index in [0.717, 1.165) is 38.5 Å². The van der Waals surface area contributed by atoms with Gasteiger partial charge in [-0.3, -0.25) is 4.79 Å². The van der Waals surface area contributed by atoms with Crippen LogP contribution in [0, 0.1) is 0 Å². The summed E-state index contributed by atoms with van der Waals surface area (Å²) in [6, 6.07) is -1.000. The van der Waals surface area contributed by atoms with Gasteiger partial charge in [-0.1, -0.05) is 353 Å². The monoisotopic (exact) mass is 1030 g/mol. The van der Waals surface area contributed by atoms with Crippen LogP contribution in [0.4, 0.5) is 0 Å². The predicted molar refractivity (Wildman–Crippen MR) is 321 cm³/mol. The van der Waals surface area contributed by atoms with Crippen molar-refractivity contribution in [2.24, 2.45) is 0 Å². The van der Waals surface area contributed by atoms with Crippen molar-refractivity contribution in [1.82, 2.24) is 5.32 Å². The second-order valence-electron chi connectivity index (χ2n) is 23.5. The molecular formula is C67H133NO5. The summed E-state index contributed by atoms with van der Waals surface area (Å²) >= 11 is 0. The van der Waals surface area contributed by atoms with Gasteiger partial charge in [0.05, 0.1) is 18.8 Å². The summed E-state index contributed by atoms with van der Waals surface area (Å²) in [5.41, 5.74) is 0. The minimum atomic E-state index is -1.28. The molecule has 5 N–H and O–H groups in total. The lowest BCUT2D eigenvalue weighted by Crippen LogP contribution is -2.53. The zero-order valence-corrected chi connectivity index (χ0v) is 49.7. The minimum Gasteiger partial charge on any atom is -0.394 e. The first kappa shape index (κ1) is 72.0. The highest BCUT2D eigenvalue weighted by Crippen LogP contribution is 2.19. The third-order valence-corrected chi connectivity index (χ3v) is 16.2. The van der Waals surface area contributed by atoms with Crippen LogP contribution in [0.25, 0.3) is 0 Å². The molecule has 0 fully saturated rings. The third-order valence-electron chi connectivity index (χ3n) is 16.2. The molecule has 0 rings (SSSR count). The highest BCUT2D eigenvalue weighted by atomic mass is 16.3. The van der Waals surface area contributed by atoms with E-state index in [2.05, 4.69) is 31.3 Å². The number of nitrogens with one attached hydrogen (secondary N) is 1. The van der Waals surface area contributed by atoms with Gasteiger partial charge in [-0.2, -0.15) is 0 Å². The second-order valence-corrected chi connectivity index (χ2v) is 23.5. The van der Waals surface area contributed by atoms with E-state index in [1.807, 2.05) is 0 Å². The van der Waals surface area contributed by atoms with Gasteiger partial charge in [0.1, 0.15) is 12.2 Å². The van der Waals surface area contributed by atoms with Crippen molar-refractivity contribution in [2.75, 3.05) is 6.61 Å². The average molecular weight is 1030 g/mol. The number of hydrogen-bond donors (Lipinski definition) is 5. The molecule has 6 nitrogen and oxygen atoms in total. The molecule has 0 aromatic carbocycles. The Morgan fingerprint density at radius 3 is 0.822 bits per heavy atom. The standard InChI is InChI=1S/C67H133NO5/c1-3-5-7-9-11-13-15-17-19-21-23-25-27-29-31-32-33-35-36-38-40-42-44-46-48-50-52-54-56-58-60-64(70)66(72)63(62-69)68-67(73)65(71)61-59-57-55-53-51-49-47-45-43-41-39-37-34-30-28-26-24-22-20-18-16-14-12-10-8-6-4-2/h52,54,63-66,69-72H,3-51,53,55-62H2,1-2H3,(H,68,73)/b54-52+. The molecule has 6 heteroatoms. The lowest BCUT2D eigenvalue weighted by Gasteiger charge is -2.27. The van der Waals surface area contributed by atoms with Gasteiger partial charge >= 0.3 is 0 Å². The number of hydrogen-bond acceptors (Lipinski definition) is 5. The molecule has 0 saturated carbocycles. The van der Waals surface area contributed by atoms with Crippen LogP contribution >= 0.6 is 0 Å². The van der Waals surface area contributed by atoms with E-state index < -0.39 is 36.9 Å². The summed E-state index contributed by atoms with van der Waals surface area (Å²) < 4.78 is 0. The summed E-state index contributed by atoms with van der Waals surface area (Å²) in [6.07, 6.45) is 76.2. The van der Waals surface area contributed by atoms with E-state index in [-0.39, 0.29) is 0 Å². The summed E-state index contributed by atoms with van der Waals surface area (Å²) in [5, 5.41) is 44.2. The Morgan fingerprint density at radius 1 is 0.329 bits per heavy atom. The highest BCUT2D eigenvalue weighted by molar-refractivity contribution is 5.80. The molecule has 0 radical (unpaired) electrons. The van der Waals surface area contributed by atoms with Gasteiger partial charge in [-0.15, -0.1) is 0 Å². The summed E-state index contributed by atoms with van der Waals surface area (Å²) in [5.74, 6) is -0.584. The maximum atomic E-state index is 12.6. The van der Waals surface area contributed by atoms with Gasteiger partial charge in [0.15, 0.2) is 0 Å². The number of unbranched alkanes of at least 4 members (excludes halogenated alkanes) is 52. The van der Waals surface area contributed by atoms with Crippen molar-refractivity contribution in [2.45, 2.75) is 404 Å². The fourth-order valence-corrected chi connectivity index (χ4v) is 11.0. The largest absolute Gasteiger partial charge is 0.394 e. The highest BCUT2D eigenvalue weighted by Gasteiger charge is 2.28. The van der Waals surface area contributed by atoms with Gasteiger partial charge in [0.2, 0.25) is 5.91 Å². The Bertz CT molecular complexity index is 1070. The Kier molecular flexibility index (Phi) is 61.1. The van der Waals surface area contributed by atoms with Gasteiger partial charge in [-0.05, 0) is 38.5 Å². The van der Waals surface area contributed by atoms with E-state index in [1.54, 1.807) is 0 Å². The summed E-state index contributed by atoms with van der Waals surface area (Å²) in [7, 11) is 0. The Labute approximate surface area is 457 Å². The number of carbonyl (C=O) groups is 1. The van der Waals surface area contributed by atoms with Gasteiger partial charge in [0, 0.05) is 0 Å². The fraction of sp³-hybridized carbons (Fsp3) is 0.955. The molecule has 1 amide bonds. The van der Waals surface area contributed by atoms with Crippen molar-refractivity contribution < 1.29 is 25.2 Å². The molecular weight excluding hydrogens is 899 g/mol. The van der Waals surface area contributed by atoms with Crippen molar-refractivity contribution in [3.05, 3.63) is 12.2 Å². The maximum Gasteiger partial charge on any atom is 0.249 e. The molecule has 4 unspecified atom stereocenters. The maximum absolute atomic E-state index is 12.6. The Morgan fingerprint density at radius 2 is 0.562 bits per heavy atom. The van der Waals surface area contributed by atoms with E-state index in [4.69, 9.17) is 0 Å². The summed E-state index contributed by atoms with van der Waals surface area (Å²) in [4.78, 5) is 12.6. The predicted octanol–water partition coefficient (Wildman–Crippen LogP) is 20.4. The SMILES string of the molecule is CCCCCCCCCCCCCCCCCCCCCCCCCCC/C=C/CCCC(O)C(O)C(CO)NC(=O)C(O)CCCCCCCCCCCCCCCCCCCCCCCCCCCCC. The first-order valence-corrected chi connectivity index (χ1v) is 33.6. The quantitative estimate of drug-likeness (QED) is 0.0308. The molecule has 73 heavy (non-hydrogen) atoms. The number of carbonyl (C=O) groups excluding carboxylic acids is 1. The number of amides is 1. The van der Waals surface area contributed by atoms with Crippen molar-refractivity contribution >= 4 is 5.91 Å². The van der Waals surface area contributed by atoms with Crippen molar-refractivity contribution in [3.63, 3.8) is 0 Å². The van der Waals surface area contributed by atoms with E-state index in [1.165, 1.54) is 315 Å². The smallest absolute Gasteiger partial charge is 0.249 e. The Balaban J connectivity index is 3.56. The lowest BCUT2D eigenvalue weighted by molar-refractivity contribution is -0.132. The van der Waals surface area contributed by atoms with Crippen LogP contribution in [0.15, 0.2) is 12.2 Å². The second kappa shape index (κ2) is 61.9. The van der Waals surface area contributed by atoms with Crippen LogP contribution in [-0.2, 0) is 4.79 Å². The third kappa shape index (κ3) is 55.6. The molecule has 0 aliphatic heterocycles.